The van der Waals surface area contributed by atoms with E-state index in [1.54, 1.807) is 0 Å². The van der Waals surface area contributed by atoms with Gasteiger partial charge in [0.25, 0.3) is 11.5 Å². The number of unbranched alkanes of at least 4 members (excludes halogenated alkanes) is 1. The second-order valence-electron chi connectivity index (χ2n) is 7.18. The van der Waals surface area contributed by atoms with Crippen molar-refractivity contribution < 1.29 is 4.79 Å². The van der Waals surface area contributed by atoms with E-state index in [-0.39, 0.29) is 17.0 Å². The van der Waals surface area contributed by atoms with Crippen molar-refractivity contribution in [3.63, 3.8) is 0 Å². The lowest BCUT2D eigenvalue weighted by Crippen LogP contribution is -2.53. The smallest absolute Gasteiger partial charge is 0.271 e. The van der Waals surface area contributed by atoms with Gasteiger partial charge in [0.1, 0.15) is 5.69 Å². The van der Waals surface area contributed by atoms with Gasteiger partial charge in [-0.2, -0.15) is 5.10 Å². The summed E-state index contributed by atoms with van der Waals surface area (Å²) in [7, 11) is 0. The first-order valence-electron chi connectivity index (χ1n) is 9.05. The number of hydrogen-bond acceptors (Lipinski definition) is 4. The second kappa shape index (κ2) is 8.42. The summed E-state index contributed by atoms with van der Waals surface area (Å²) in [4.78, 5) is 26.6. The minimum Gasteiger partial charge on any atom is -0.349 e. The van der Waals surface area contributed by atoms with E-state index < -0.39 is 0 Å². The fraction of sp³-hybridized carbons (Fsp3) is 0.722. The first-order valence-corrected chi connectivity index (χ1v) is 9.05. The minimum atomic E-state index is -0.217. The van der Waals surface area contributed by atoms with Crippen LogP contribution >= 0.6 is 0 Å². The number of rotatable bonds is 7. The van der Waals surface area contributed by atoms with E-state index in [4.69, 9.17) is 0 Å². The molecule has 0 radical (unpaired) electrons. The number of nitrogens with one attached hydrogen (secondary N) is 1. The third-order valence-corrected chi connectivity index (χ3v) is 4.72. The SMILES string of the molecule is CCCCn1nc(C(=O)NCC(C)(C)N2CCCCC2)ccc1=O. The molecule has 134 valence electrons. The largest absolute Gasteiger partial charge is 0.349 e. The number of likely N-dealkylation sites (tertiary alicyclic amines) is 1. The van der Waals surface area contributed by atoms with Crippen molar-refractivity contribution in [2.75, 3.05) is 19.6 Å². The van der Waals surface area contributed by atoms with Crippen LogP contribution in [0.2, 0.25) is 0 Å². The lowest BCUT2D eigenvalue weighted by atomic mass is 9.98. The van der Waals surface area contributed by atoms with Gasteiger partial charge in [-0.3, -0.25) is 14.5 Å². The van der Waals surface area contributed by atoms with Crippen LogP contribution in [-0.2, 0) is 6.54 Å². The van der Waals surface area contributed by atoms with Crippen LogP contribution in [0, 0.1) is 0 Å². The lowest BCUT2D eigenvalue weighted by Gasteiger charge is -2.41. The first-order chi connectivity index (χ1) is 11.4. The number of amides is 1. The van der Waals surface area contributed by atoms with Gasteiger partial charge in [-0.15, -0.1) is 0 Å². The van der Waals surface area contributed by atoms with E-state index in [0.29, 0.717) is 18.8 Å². The number of carbonyl (C=O) groups is 1. The molecule has 1 aromatic heterocycles. The van der Waals surface area contributed by atoms with Crippen LogP contribution in [0.1, 0.15) is 63.4 Å². The zero-order valence-corrected chi connectivity index (χ0v) is 15.2. The topological polar surface area (TPSA) is 67.2 Å². The third-order valence-electron chi connectivity index (χ3n) is 4.72. The average molecular weight is 334 g/mol. The monoisotopic (exact) mass is 334 g/mol. The maximum atomic E-state index is 12.4. The number of hydrogen-bond donors (Lipinski definition) is 1. The Kier molecular flexibility index (Phi) is 6.54. The number of aromatic nitrogens is 2. The van der Waals surface area contributed by atoms with Gasteiger partial charge in [0.05, 0.1) is 0 Å². The summed E-state index contributed by atoms with van der Waals surface area (Å²) in [6, 6.07) is 2.93. The average Bonchev–Trinajstić information content (AvgIpc) is 2.60. The summed E-state index contributed by atoms with van der Waals surface area (Å²) in [5.41, 5.74) is 0.0704. The highest BCUT2D eigenvalue weighted by Gasteiger charge is 2.28. The molecule has 24 heavy (non-hydrogen) atoms. The van der Waals surface area contributed by atoms with E-state index in [9.17, 15) is 9.59 Å². The highest BCUT2D eigenvalue weighted by atomic mass is 16.2. The zero-order valence-electron chi connectivity index (χ0n) is 15.2. The van der Waals surface area contributed by atoms with Gasteiger partial charge >= 0.3 is 0 Å². The van der Waals surface area contributed by atoms with Crippen LogP contribution in [-0.4, -0.2) is 45.8 Å². The molecule has 1 amide bonds. The van der Waals surface area contributed by atoms with Crippen LogP contribution in [0.25, 0.3) is 0 Å². The minimum absolute atomic E-state index is 0.0766. The molecule has 1 aliphatic rings. The van der Waals surface area contributed by atoms with Crippen molar-refractivity contribution >= 4 is 5.91 Å². The van der Waals surface area contributed by atoms with Crippen molar-refractivity contribution in [3.8, 4) is 0 Å². The molecule has 0 saturated carbocycles. The molecule has 2 heterocycles. The summed E-state index contributed by atoms with van der Waals surface area (Å²) in [6.45, 7) is 9.68. The maximum absolute atomic E-state index is 12.4. The third kappa shape index (κ3) is 4.90. The van der Waals surface area contributed by atoms with Crippen molar-refractivity contribution in [3.05, 3.63) is 28.2 Å². The highest BCUT2D eigenvalue weighted by molar-refractivity contribution is 5.92. The zero-order chi connectivity index (χ0) is 17.6. The first kappa shape index (κ1) is 18.6. The fourth-order valence-corrected chi connectivity index (χ4v) is 3.04. The molecule has 0 unspecified atom stereocenters. The molecule has 1 aliphatic heterocycles. The molecule has 1 N–H and O–H groups in total. The van der Waals surface area contributed by atoms with E-state index in [2.05, 4.69) is 36.1 Å². The van der Waals surface area contributed by atoms with Crippen LogP contribution in [0.4, 0.5) is 0 Å². The molecule has 1 saturated heterocycles. The summed E-state index contributed by atoms with van der Waals surface area (Å²) >= 11 is 0. The van der Waals surface area contributed by atoms with Crippen LogP contribution in [0.15, 0.2) is 16.9 Å². The molecule has 0 spiro atoms. The Morgan fingerprint density at radius 3 is 2.62 bits per heavy atom. The molecular weight excluding hydrogens is 304 g/mol. The van der Waals surface area contributed by atoms with E-state index in [0.717, 1.165) is 25.9 Å². The Bertz CT molecular complexity index is 603. The van der Waals surface area contributed by atoms with Crippen molar-refractivity contribution in [2.24, 2.45) is 0 Å². The van der Waals surface area contributed by atoms with E-state index >= 15 is 0 Å². The summed E-state index contributed by atoms with van der Waals surface area (Å²) in [6.07, 6.45) is 5.60. The number of aryl methyl sites for hydroxylation is 1. The second-order valence-corrected chi connectivity index (χ2v) is 7.18. The molecule has 0 aromatic carbocycles. The van der Waals surface area contributed by atoms with Gasteiger partial charge in [0, 0.05) is 24.7 Å². The summed E-state index contributed by atoms with van der Waals surface area (Å²) in [5, 5.41) is 7.18. The Hall–Kier alpha value is -1.69. The number of piperidine rings is 1. The van der Waals surface area contributed by atoms with Gasteiger partial charge in [-0.1, -0.05) is 19.8 Å². The normalized spacial score (nSPS) is 16.1. The van der Waals surface area contributed by atoms with Gasteiger partial charge in [0.2, 0.25) is 0 Å². The fourth-order valence-electron chi connectivity index (χ4n) is 3.04. The van der Waals surface area contributed by atoms with Gasteiger partial charge in [-0.25, -0.2) is 4.68 Å². The van der Waals surface area contributed by atoms with E-state index in [1.807, 2.05) is 0 Å². The van der Waals surface area contributed by atoms with Crippen LogP contribution in [0.5, 0.6) is 0 Å². The molecule has 1 fully saturated rings. The molecule has 0 atom stereocenters. The summed E-state index contributed by atoms with van der Waals surface area (Å²) in [5.74, 6) is -0.217. The van der Waals surface area contributed by atoms with Crippen molar-refractivity contribution in [1.82, 2.24) is 20.0 Å². The van der Waals surface area contributed by atoms with Gasteiger partial charge in [-0.05, 0) is 52.3 Å². The predicted octanol–water partition coefficient (Wildman–Crippen LogP) is 2.04. The molecule has 0 bridgehead atoms. The molecule has 2 rings (SSSR count). The highest BCUT2D eigenvalue weighted by Crippen LogP contribution is 2.19. The van der Waals surface area contributed by atoms with Gasteiger partial charge in [0.15, 0.2) is 0 Å². The molecular formula is C18H30N4O2. The maximum Gasteiger partial charge on any atom is 0.271 e. The number of nitrogens with zero attached hydrogens (tertiary/aromatic N) is 3. The van der Waals surface area contributed by atoms with E-state index in [1.165, 1.54) is 36.1 Å². The van der Waals surface area contributed by atoms with Crippen LogP contribution < -0.4 is 10.9 Å². The molecule has 0 aliphatic carbocycles. The predicted molar refractivity (Wildman–Crippen MR) is 95.2 cm³/mol. The molecule has 6 heteroatoms. The molecule has 1 aromatic rings. The Morgan fingerprint density at radius 2 is 1.96 bits per heavy atom. The van der Waals surface area contributed by atoms with Crippen molar-refractivity contribution in [2.45, 2.75) is 65.0 Å². The van der Waals surface area contributed by atoms with Gasteiger partial charge < -0.3 is 5.32 Å². The Morgan fingerprint density at radius 1 is 1.25 bits per heavy atom. The van der Waals surface area contributed by atoms with Crippen molar-refractivity contribution in [1.29, 1.82) is 0 Å². The number of carbonyl (C=O) groups excluding carboxylic acids is 1. The quantitative estimate of drug-likeness (QED) is 0.828. The Balaban J connectivity index is 1.97. The summed E-state index contributed by atoms with van der Waals surface area (Å²) < 4.78 is 1.38. The Labute approximate surface area is 144 Å². The van der Waals surface area contributed by atoms with Crippen LogP contribution in [0.3, 0.4) is 0 Å². The lowest BCUT2D eigenvalue weighted by molar-refractivity contribution is 0.0792. The standard InChI is InChI=1S/C18H30N4O2/c1-4-5-13-22-16(23)10-9-15(20-22)17(24)19-14-18(2,3)21-11-7-6-8-12-21/h9-10H,4-8,11-14H2,1-3H3,(H,19,24). The molecule has 6 nitrogen and oxygen atoms in total.